The number of ether oxygens (including phenoxy) is 1. The van der Waals surface area contributed by atoms with Gasteiger partial charge < -0.3 is 15.4 Å². The molecule has 4 heteroatoms. The quantitative estimate of drug-likeness (QED) is 0.834. The first-order valence-corrected chi connectivity index (χ1v) is 6.88. The second-order valence-corrected chi connectivity index (χ2v) is 6.54. The number of piperidine rings is 1. The molecule has 1 saturated heterocycles. The fourth-order valence-corrected chi connectivity index (χ4v) is 2.55. The maximum atomic E-state index is 12.1. The standard InChI is InChI=1S/C14H28N2O2/c1-14(2,3)10-11(15)9-13(17)16-7-5-12(18-4)6-8-16/h11-12H,5-10,15H2,1-4H3. The van der Waals surface area contributed by atoms with E-state index in [9.17, 15) is 4.79 Å². The summed E-state index contributed by atoms with van der Waals surface area (Å²) >= 11 is 0. The number of nitrogens with zero attached hydrogens (tertiary/aromatic N) is 1. The molecule has 0 saturated carbocycles. The van der Waals surface area contributed by atoms with Gasteiger partial charge in [-0.2, -0.15) is 0 Å². The van der Waals surface area contributed by atoms with Gasteiger partial charge in [0.1, 0.15) is 0 Å². The molecule has 1 atom stereocenters. The number of hydrogen-bond donors (Lipinski definition) is 1. The van der Waals surface area contributed by atoms with Crippen molar-refractivity contribution in [1.29, 1.82) is 0 Å². The molecule has 1 aliphatic heterocycles. The highest BCUT2D eigenvalue weighted by Gasteiger charge is 2.25. The van der Waals surface area contributed by atoms with Crippen LogP contribution in [-0.2, 0) is 9.53 Å². The summed E-state index contributed by atoms with van der Waals surface area (Å²) in [5.74, 6) is 0.196. The number of nitrogens with two attached hydrogens (primary N) is 1. The van der Waals surface area contributed by atoms with Crippen molar-refractivity contribution in [2.75, 3.05) is 20.2 Å². The van der Waals surface area contributed by atoms with Gasteiger partial charge in [0, 0.05) is 32.7 Å². The number of carbonyl (C=O) groups is 1. The van der Waals surface area contributed by atoms with Gasteiger partial charge in [0.05, 0.1) is 6.10 Å². The monoisotopic (exact) mass is 256 g/mol. The van der Waals surface area contributed by atoms with Gasteiger partial charge in [-0.3, -0.25) is 4.79 Å². The highest BCUT2D eigenvalue weighted by molar-refractivity contribution is 5.76. The summed E-state index contributed by atoms with van der Waals surface area (Å²) in [5.41, 5.74) is 6.23. The van der Waals surface area contributed by atoms with Crippen molar-refractivity contribution < 1.29 is 9.53 Å². The average Bonchev–Trinajstić information content (AvgIpc) is 2.26. The Morgan fingerprint density at radius 1 is 1.39 bits per heavy atom. The van der Waals surface area contributed by atoms with Crippen LogP contribution in [0.4, 0.5) is 0 Å². The summed E-state index contributed by atoms with van der Waals surface area (Å²) < 4.78 is 5.30. The van der Waals surface area contributed by atoms with Crippen molar-refractivity contribution in [1.82, 2.24) is 4.90 Å². The largest absolute Gasteiger partial charge is 0.381 e. The molecule has 0 aliphatic carbocycles. The molecule has 0 bridgehead atoms. The molecule has 0 aromatic rings. The molecule has 1 aliphatic rings. The van der Waals surface area contributed by atoms with E-state index in [1.54, 1.807) is 7.11 Å². The van der Waals surface area contributed by atoms with E-state index in [2.05, 4.69) is 20.8 Å². The molecule has 2 N–H and O–H groups in total. The smallest absolute Gasteiger partial charge is 0.224 e. The van der Waals surface area contributed by atoms with Crippen LogP contribution in [0, 0.1) is 5.41 Å². The lowest BCUT2D eigenvalue weighted by molar-refractivity contribution is -0.134. The SMILES string of the molecule is COC1CCN(C(=O)CC(N)CC(C)(C)C)CC1. The minimum Gasteiger partial charge on any atom is -0.381 e. The van der Waals surface area contributed by atoms with E-state index in [1.165, 1.54) is 0 Å². The van der Waals surface area contributed by atoms with Crippen LogP contribution < -0.4 is 5.73 Å². The first kappa shape index (κ1) is 15.4. The zero-order valence-corrected chi connectivity index (χ0v) is 12.2. The Bertz CT molecular complexity index is 265. The third-order valence-electron chi connectivity index (χ3n) is 3.44. The van der Waals surface area contributed by atoms with Crippen LogP contribution in [0.15, 0.2) is 0 Å². The molecule has 106 valence electrons. The first-order chi connectivity index (χ1) is 8.31. The molecule has 4 nitrogen and oxygen atoms in total. The molecule has 1 fully saturated rings. The summed E-state index contributed by atoms with van der Waals surface area (Å²) in [4.78, 5) is 14.0. The maximum Gasteiger partial charge on any atom is 0.224 e. The Balaban J connectivity index is 2.33. The van der Waals surface area contributed by atoms with E-state index in [4.69, 9.17) is 10.5 Å². The first-order valence-electron chi connectivity index (χ1n) is 6.88. The molecule has 0 spiro atoms. The molecular formula is C14H28N2O2. The van der Waals surface area contributed by atoms with Crippen molar-refractivity contribution in [3.63, 3.8) is 0 Å². The van der Waals surface area contributed by atoms with Crippen molar-refractivity contribution in [3.05, 3.63) is 0 Å². The fourth-order valence-electron chi connectivity index (χ4n) is 2.55. The van der Waals surface area contributed by atoms with Crippen molar-refractivity contribution in [3.8, 4) is 0 Å². The Kier molecular flexibility index (Phi) is 5.60. The second-order valence-electron chi connectivity index (χ2n) is 6.54. The number of amides is 1. The van der Waals surface area contributed by atoms with Gasteiger partial charge in [0.2, 0.25) is 5.91 Å². The lowest BCUT2D eigenvalue weighted by Crippen LogP contribution is -2.43. The zero-order chi connectivity index (χ0) is 13.8. The van der Waals surface area contributed by atoms with Gasteiger partial charge in [-0.25, -0.2) is 0 Å². The summed E-state index contributed by atoms with van der Waals surface area (Å²) in [7, 11) is 1.74. The van der Waals surface area contributed by atoms with Crippen molar-refractivity contribution >= 4 is 5.91 Å². The van der Waals surface area contributed by atoms with Crippen LogP contribution in [0.1, 0.15) is 46.5 Å². The van der Waals surface area contributed by atoms with Crippen molar-refractivity contribution in [2.24, 2.45) is 11.1 Å². The fraction of sp³-hybridized carbons (Fsp3) is 0.929. The predicted molar refractivity (Wildman–Crippen MR) is 73.3 cm³/mol. The number of hydrogen-bond acceptors (Lipinski definition) is 3. The molecular weight excluding hydrogens is 228 g/mol. The number of rotatable bonds is 4. The minimum absolute atomic E-state index is 0.0300. The Labute approximate surface area is 111 Å². The van der Waals surface area contributed by atoms with Crippen LogP contribution >= 0.6 is 0 Å². The molecule has 1 heterocycles. The van der Waals surface area contributed by atoms with Crippen molar-refractivity contribution in [2.45, 2.75) is 58.6 Å². The molecule has 0 aromatic heterocycles. The minimum atomic E-state index is -0.0300. The number of methoxy groups -OCH3 is 1. The van der Waals surface area contributed by atoms with Gasteiger partial charge in [-0.05, 0) is 24.7 Å². The van der Waals surface area contributed by atoms with Gasteiger partial charge in [-0.15, -0.1) is 0 Å². The lowest BCUT2D eigenvalue weighted by Gasteiger charge is -2.32. The van der Waals surface area contributed by atoms with Gasteiger partial charge in [0.15, 0.2) is 0 Å². The summed E-state index contributed by atoms with van der Waals surface area (Å²) in [6, 6.07) is -0.0300. The molecule has 1 unspecified atom stereocenters. The van der Waals surface area contributed by atoms with Gasteiger partial charge >= 0.3 is 0 Å². The predicted octanol–water partition coefficient (Wildman–Crippen LogP) is 1.78. The Hall–Kier alpha value is -0.610. The van der Waals surface area contributed by atoms with E-state index in [0.29, 0.717) is 12.5 Å². The van der Waals surface area contributed by atoms with Crippen LogP contribution in [0.25, 0.3) is 0 Å². The third kappa shape index (κ3) is 5.36. The average molecular weight is 256 g/mol. The summed E-state index contributed by atoms with van der Waals surface area (Å²) in [6.45, 7) is 8.07. The number of likely N-dealkylation sites (tertiary alicyclic amines) is 1. The summed E-state index contributed by atoms with van der Waals surface area (Å²) in [5, 5.41) is 0. The molecule has 1 amide bonds. The highest BCUT2D eigenvalue weighted by atomic mass is 16.5. The molecule has 0 aromatic carbocycles. The highest BCUT2D eigenvalue weighted by Crippen LogP contribution is 2.22. The van der Waals surface area contributed by atoms with Gasteiger partial charge in [0.25, 0.3) is 0 Å². The second kappa shape index (κ2) is 6.53. The van der Waals surface area contributed by atoms with E-state index < -0.39 is 0 Å². The molecule has 18 heavy (non-hydrogen) atoms. The topological polar surface area (TPSA) is 55.6 Å². The van der Waals surface area contributed by atoms with E-state index in [-0.39, 0.29) is 17.4 Å². The normalized spacial score (nSPS) is 19.9. The third-order valence-corrected chi connectivity index (χ3v) is 3.44. The lowest BCUT2D eigenvalue weighted by atomic mass is 9.87. The van der Waals surface area contributed by atoms with E-state index >= 15 is 0 Å². The van der Waals surface area contributed by atoms with Crippen LogP contribution in [0.5, 0.6) is 0 Å². The zero-order valence-electron chi connectivity index (χ0n) is 12.2. The van der Waals surface area contributed by atoms with E-state index in [1.807, 2.05) is 4.90 Å². The molecule has 0 radical (unpaired) electrons. The number of carbonyl (C=O) groups excluding carboxylic acids is 1. The Morgan fingerprint density at radius 3 is 2.39 bits per heavy atom. The van der Waals surface area contributed by atoms with Crippen LogP contribution in [0.3, 0.4) is 0 Å². The van der Waals surface area contributed by atoms with Crippen LogP contribution in [0.2, 0.25) is 0 Å². The van der Waals surface area contributed by atoms with Gasteiger partial charge in [-0.1, -0.05) is 20.8 Å². The Morgan fingerprint density at radius 2 is 1.94 bits per heavy atom. The summed E-state index contributed by atoms with van der Waals surface area (Å²) in [6.07, 6.45) is 3.55. The van der Waals surface area contributed by atoms with E-state index in [0.717, 1.165) is 32.4 Å². The van der Waals surface area contributed by atoms with Crippen LogP contribution in [-0.4, -0.2) is 43.2 Å². The maximum absolute atomic E-state index is 12.1. The molecule has 1 rings (SSSR count).